The van der Waals surface area contributed by atoms with E-state index in [2.05, 4.69) is 36.4 Å². The molecule has 5 heteroatoms. The van der Waals surface area contributed by atoms with E-state index in [1.54, 1.807) is 0 Å². The number of rotatable bonds is 6. The van der Waals surface area contributed by atoms with Crippen molar-refractivity contribution in [2.45, 2.75) is 49.7 Å². The molecule has 3 aromatic carbocycles. The summed E-state index contributed by atoms with van der Waals surface area (Å²) in [4.78, 5) is 0. The number of benzene rings is 3. The minimum Gasteiger partial charge on any atom is -0.388 e. The molecule has 0 radical (unpaired) electrons. The molecular weight excluding hydrogens is 416 g/mol. The van der Waals surface area contributed by atoms with Crippen molar-refractivity contribution in [3.63, 3.8) is 0 Å². The minimum absolute atomic E-state index is 0.184. The Labute approximate surface area is 194 Å². The second-order valence-corrected chi connectivity index (χ2v) is 9.09. The van der Waals surface area contributed by atoms with E-state index in [0.29, 0.717) is 0 Å². The van der Waals surface area contributed by atoms with Crippen LogP contribution in [0.1, 0.15) is 30.5 Å². The van der Waals surface area contributed by atoms with E-state index in [1.807, 2.05) is 68.4 Å². The topological polar surface area (TPSA) is 57.2 Å². The van der Waals surface area contributed by atoms with Crippen molar-refractivity contribution < 1.29 is 24.1 Å². The van der Waals surface area contributed by atoms with Gasteiger partial charge in [0.15, 0.2) is 5.79 Å². The van der Waals surface area contributed by atoms with E-state index in [-0.39, 0.29) is 19.3 Å². The molecule has 1 N–H and O–H groups in total. The molecule has 0 spiro atoms. The Morgan fingerprint density at radius 3 is 1.73 bits per heavy atom. The number of ether oxygens (including phenoxy) is 4. The molecule has 5 nitrogen and oxygen atoms in total. The molecule has 4 atom stereocenters. The van der Waals surface area contributed by atoms with Crippen LogP contribution in [0.2, 0.25) is 0 Å². The molecule has 0 bridgehead atoms. The van der Waals surface area contributed by atoms with Gasteiger partial charge in [0.1, 0.15) is 30.0 Å². The van der Waals surface area contributed by atoms with Crippen LogP contribution < -0.4 is 0 Å². The van der Waals surface area contributed by atoms with Crippen molar-refractivity contribution in [1.29, 1.82) is 0 Å². The third-order valence-corrected chi connectivity index (χ3v) is 6.40. The van der Waals surface area contributed by atoms with Crippen molar-refractivity contribution in [3.8, 4) is 0 Å². The quantitative estimate of drug-likeness (QED) is 0.573. The lowest BCUT2D eigenvalue weighted by Crippen LogP contribution is -2.53. The normalized spacial score (nSPS) is 26.6. The molecule has 0 aromatic heterocycles. The number of aliphatic hydroxyl groups is 1. The predicted molar refractivity (Wildman–Crippen MR) is 125 cm³/mol. The molecule has 172 valence electrons. The van der Waals surface area contributed by atoms with Gasteiger partial charge in [0.2, 0.25) is 0 Å². The molecule has 2 fully saturated rings. The van der Waals surface area contributed by atoms with Crippen LogP contribution in [0.15, 0.2) is 91.0 Å². The molecule has 2 aliphatic rings. The first-order valence-corrected chi connectivity index (χ1v) is 11.5. The second-order valence-electron chi connectivity index (χ2n) is 9.09. The standard InChI is InChI=1S/C28H30O5/c1-27(2)32-25-23(29)18-30-24(26(25)33-27)19-31-28(20-12-6-3-7-13-20,21-14-8-4-9-15-21)22-16-10-5-11-17-22/h3-17,23-26,29H,18-19H2,1-2H3/t23-,24+,25+,26-/m0/s1. The van der Waals surface area contributed by atoms with Gasteiger partial charge in [-0.1, -0.05) is 91.0 Å². The fourth-order valence-corrected chi connectivity index (χ4v) is 4.93. The number of hydrogen-bond acceptors (Lipinski definition) is 5. The summed E-state index contributed by atoms with van der Waals surface area (Å²) in [6.45, 7) is 4.17. The molecule has 33 heavy (non-hydrogen) atoms. The molecule has 2 saturated heterocycles. The molecule has 0 unspecified atom stereocenters. The largest absolute Gasteiger partial charge is 0.388 e. The average molecular weight is 447 g/mol. The lowest BCUT2D eigenvalue weighted by molar-refractivity contribution is -0.174. The molecular formula is C28H30O5. The van der Waals surface area contributed by atoms with E-state index < -0.39 is 29.7 Å². The number of aliphatic hydroxyl groups excluding tert-OH is 1. The highest BCUT2D eigenvalue weighted by atomic mass is 16.8. The summed E-state index contributed by atoms with van der Waals surface area (Å²) in [5, 5.41) is 10.4. The van der Waals surface area contributed by atoms with E-state index in [0.717, 1.165) is 16.7 Å². The first kappa shape index (κ1) is 22.3. The molecule has 0 saturated carbocycles. The molecule has 0 aliphatic carbocycles. The van der Waals surface area contributed by atoms with Gasteiger partial charge in [-0.2, -0.15) is 0 Å². The molecule has 2 aliphatic heterocycles. The minimum atomic E-state index is -0.840. The number of hydrogen-bond donors (Lipinski definition) is 1. The third-order valence-electron chi connectivity index (χ3n) is 6.40. The zero-order valence-corrected chi connectivity index (χ0v) is 19.0. The maximum atomic E-state index is 10.4. The summed E-state index contributed by atoms with van der Waals surface area (Å²) in [7, 11) is 0. The van der Waals surface area contributed by atoms with Gasteiger partial charge in [-0.15, -0.1) is 0 Å². The van der Waals surface area contributed by atoms with E-state index in [4.69, 9.17) is 18.9 Å². The third kappa shape index (κ3) is 4.23. The van der Waals surface area contributed by atoms with Gasteiger partial charge in [-0.3, -0.25) is 0 Å². The van der Waals surface area contributed by atoms with Gasteiger partial charge in [-0.25, -0.2) is 0 Å². The van der Waals surface area contributed by atoms with Crippen LogP contribution in [-0.2, 0) is 24.5 Å². The van der Waals surface area contributed by atoms with Crippen molar-refractivity contribution in [3.05, 3.63) is 108 Å². The van der Waals surface area contributed by atoms with Crippen molar-refractivity contribution in [2.24, 2.45) is 0 Å². The highest BCUT2D eigenvalue weighted by Gasteiger charge is 2.52. The summed E-state index contributed by atoms with van der Waals surface area (Å²) < 4.78 is 25.0. The Balaban J connectivity index is 1.54. The highest BCUT2D eigenvalue weighted by Crippen LogP contribution is 2.42. The van der Waals surface area contributed by atoms with Gasteiger partial charge >= 0.3 is 0 Å². The summed E-state index contributed by atoms with van der Waals surface area (Å²) in [5.41, 5.74) is 2.24. The molecule has 3 aromatic rings. The van der Waals surface area contributed by atoms with Crippen molar-refractivity contribution >= 4 is 0 Å². The molecule has 5 rings (SSSR count). The van der Waals surface area contributed by atoms with Gasteiger partial charge in [0, 0.05) is 0 Å². The summed E-state index contributed by atoms with van der Waals surface area (Å²) >= 11 is 0. The van der Waals surface area contributed by atoms with Crippen molar-refractivity contribution in [2.75, 3.05) is 13.2 Å². The zero-order valence-electron chi connectivity index (χ0n) is 19.0. The van der Waals surface area contributed by atoms with E-state index in [1.165, 1.54) is 0 Å². The van der Waals surface area contributed by atoms with Crippen molar-refractivity contribution in [1.82, 2.24) is 0 Å². The van der Waals surface area contributed by atoms with Crippen LogP contribution in [-0.4, -0.2) is 48.5 Å². The Hall–Kier alpha value is -2.54. The van der Waals surface area contributed by atoms with Crippen LogP contribution in [0.4, 0.5) is 0 Å². The Morgan fingerprint density at radius 1 is 0.788 bits per heavy atom. The zero-order chi connectivity index (χ0) is 22.9. The van der Waals surface area contributed by atoms with Gasteiger partial charge in [-0.05, 0) is 30.5 Å². The summed E-state index contributed by atoms with van der Waals surface area (Å²) in [6, 6.07) is 30.7. The van der Waals surface area contributed by atoms with Crippen LogP contribution >= 0.6 is 0 Å². The SMILES string of the molecule is CC1(C)O[C@@H]2[C@H](O1)[C@@H](O)CO[C@@H]2COC(c1ccccc1)(c1ccccc1)c1ccccc1. The maximum Gasteiger partial charge on any atom is 0.164 e. The predicted octanol–water partition coefficient (Wildman–Crippen LogP) is 4.27. The maximum absolute atomic E-state index is 10.4. The van der Waals surface area contributed by atoms with Crippen LogP contribution in [0, 0.1) is 0 Å². The lowest BCUT2D eigenvalue weighted by Gasteiger charge is -2.40. The Kier molecular flexibility index (Phi) is 6.08. The van der Waals surface area contributed by atoms with Gasteiger partial charge in [0.05, 0.1) is 13.2 Å². The van der Waals surface area contributed by atoms with Gasteiger partial charge < -0.3 is 24.1 Å². The van der Waals surface area contributed by atoms with Crippen LogP contribution in [0.3, 0.4) is 0 Å². The van der Waals surface area contributed by atoms with Crippen LogP contribution in [0.25, 0.3) is 0 Å². The monoisotopic (exact) mass is 446 g/mol. The first-order valence-electron chi connectivity index (χ1n) is 11.5. The highest BCUT2D eigenvalue weighted by molar-refractivity contribution is 5.47. The van der Waals surface area contributed by atoms with Crippen LogP contribution in [0.5, 0.6) is 0 Å². The van der Waals surface area contributed by atoms with E-state index in [9.17, 15) is 5.11 Å². The average Bonchev–Trinajstić information content (AvgIpc) is 3.19. The molecule has 0 amide bonds. The van der Waals surface area contributed by atoms with Gasteiger partial charge in [0.25, 0.3) is 0 Å². The second kappa shape index (κ2) is 9.01. The lowest BCUT2D eigenvalue weighted by atomic mass is 9.80. The van der Waals surface area contributed by atoms with E-state index >= 15 is 0 Å². The fourth-order valence-electron chi connectivity index (χ4n) is 4.93. The smallest absolute Gasteiger partial charge is 0.164 e. The Morgan fingerprint density at radius 2 is 1.24 bits per heavy atom. The molecule has 2 heterocycles. The summed E-state index contributed by atoms with van der Waals surface area (Å²) in [6.07, 6.45) is -1.96. The Bertz CT molecular complexity index is 941. The fraction of sp³-hybridized carbons (Fsp3) is 0.357. The summed E-state index contributed by atoms with van der Waals surface area (Å²) in [5.74, 6) is -0.780. The first-order chi connectivity index (χ1) is 16.0. The number of fused-ring (bicyclic) bond motifs is 1.